The molecular weight excluding hydrogens is 322 g/mol. The summed E-state index contributed by atoms with van der Waals surface area (Å²) in [5.41, 5.74) is 0.0886. The van der Waals surface area contributed by atoms with Crippen LogP contribution in [0, 0.1) is 5.82 Å². The quantitative estimate of drug-likeness (QED) is 0.857. The van der Waals surface area contributed by atoms with E-state index in [-0.39, 0.29) is 34.7 Å². The predicted octanol–water partition coefficient (Wildman–Crippen LogP) is 3.85. The van der Waals surface area contributed by atoms with Crippen LogP contribution in [0.3, 0.4) is 0 Å². The van der Waals surface area contributed by atoms with E-state index in [0.717, 1.165) is 12.1 Å². The largest absolute Gasteiger partial charge is 0.481 e. The predicted molar refractivity (Wildman–Crippen MR) is 79.5 cm³/mol. The van der Waals surface area contributed by atoms with E-state index in [1.54, 1.807) is 13.8 Å². The summed E-state index contributed by atoms with van der Waals surface area (Å²) in [4.78, 5) is 24.1. The minimum atomic E-state index is -1.01. The standard InChI is InChI=1S/C13H15Cl2FN2O3/c1-7(2)18(4-3-11(19)20)13(21)17-12-9(14)5-8(16)6-10(12)15/h5-7H,3-4H2,1-2H3,(H,17,21)(H,19,20). The molecule has 0 fully saturated rings. The van der Waals surface area contributed by atoms with E-state index in [9.17, 15) is 14.0 Å². The van der Waals surface area contributed by atoms with Crippen molar-refractivity contribution in [1.29, 1.82) is 0 Å². The van der Waals surface area contributed by atoms with Crippen LogP contribution < -0.4 is 5.32 Å². The molecule has 0 radical (unpaired) electrons. The molecule has 0 bridgehead atoms. The number of hydrogen-bond donors (Lipinski definition) is 2. The third-order valence-corrected chi connectivity index (χ3v) is 3.29. The summed E-state index contributed by atoms with van der Waals surface area (Å²) in [5, 5.41) is 11.1. The molecule has 1 aromatic rings. The average Bonchev–Trinajstić information content (AvgIpc) is 2.33. The molecule has 0 atom stereocenters. The maximum Gasteiger partial charge on any atom is 0.322 e. The Hall–Kier alpha value is -1.53. The molecule has 0 heterocycles. The molecular formula is C13H15Cl2FN2O3. The summed E-state index contributed by atoms with van der Waals surface area (Å²) >= 11 is 11.7. The topological polar surface area (TPSA) is 69.6 Å². The normalized spacial score (nSPS) is 10.6. The van der Waals surface area contributed by atoms with Gasteiger partial charge in [-0.3, -0.25) is 4.79 Å². The van der Waals surface area contributed by atoms with Gasteiger partial charge >= 0.3 is 12.0 Å². The van der Waals surface area contributed by atoms with Gasteiger partial charge in [0, 0.05) is 12.6 Å². The molecule has 2 N–H and O–H groups in total. The molecule has 116 valence electrons. The zero-order valence-electron chi connectivity index (χ0n) is 11.5. The number of carbonyl (C=O) groups excluding carboxylic acids is 1. The molecule has 5 nitrogen and oxygen atoms in total. The first-order valence-electron chi connectivity index (χ1n) is 6.16. The highest BCUT2D eigenvalue weighted by Gasteiger charge is 2.20. The lowest BCUT2D eigenvalue weighted by Gasteiger charge is -2.26. The summed E-state index contributed by atoms with van der Waals surface area (Å²) in [6.45, 7) is 3.53. The SMILES string of the molecule is CC(C)N(CCC(=O)O)C(=O)Nc1c(Cl)cc(F)cc1Cl. The number of rotatable bonds is 5. The van der Waals surface area contributed by atoms with E-state index < -0.39 is 17.8 Å². The second kappa shape index (κ2) is 7.47. The first kappa shape index (κ1) is 17.5. The first-order chi connectivity index (χ1) is 9.72. The molecule has 1 aromatic carbocycles. The number of hydrogen-bond acceptors (Lipinski definition) is 2. The molecule has 0 unspecified atom stereocenters. The number of benzene rings is 1. The molecule has 0 spiro atoms. The molecule has 8 heteroatoms. The highest BCUT2D eigenvalue weighted by Crippen LogP contribution is 2.31. The minimum Gasteiger partial charge on any atom is -0.481 e. The number of carboxylic acids is 1. The van der Waals surface area contributed by atoms with Gasteiger partial charge in [0.05, 0.1) is 22.2 Å². The first-order valence-corrected chi connectivity index (χ1v) is 6.92. The van der Waals surface area contributed by atoms with Crippen LogP contribution in [0.1, 0.15) is 20.3 Å². The van der Waals surface area contributed by atoms with Gasteiger partial charge in [0.15, 0.2) is 0 Å². The van der Waals surface area contributed by atoms with Crippen molar-refractivity contribution < 1.29 is 19.1 Å². The van der Waals surface area contributed by atoms with E-state index in [0.29, 0.717) is 0 Å². The zero-order valence-corrected chi connectivity index (χ0v) is 13.0. The summed E-state index contributed by atoms with van der Waals surface area (Å²) in [5.74, 6) is -1.62. The number of aliphatic carboxylic acids is 1. The van der Waals surface area contributed by atoms with Gasteiger partial charge < -0.3 is 15.3 Å². The number of nitrogens with one attached hydrogen (secondary N) is 1. The Bertz CT molecular complexity index is 529. The Morgan fingerprint density at radius 1 is 1.33 bits per heavy atom. The Kier molecular flexibility index (Phi) is 6.23. The number of urea groups is 1. The molecule has 2 amide bonds. The molecule has 0 aromatic heterocycles. The van der Waals surface area contributed by atoms with Gasteiger partial charge in [0.2, 0.25) is 0 Å². The highest BCUT2D eigenvalue weighted by molar-refractivity contribution is 6.39. The van der Waals surface area contributed by atoms with Crippen LogP contribution in [0.4, 0.5) is 14.9 Å². The van der Waals surface area contributed by atoms with Crippen LogP contribution in [0.2, 0.25) is 10.0 Å². The van der Waals surface area contributed by atoms with Crippen molar-refractivity contribution in [2.45, 2.75) is 26.3 Å². The van der Waals surface area contributed by atoms with Crippen LogP contribution in [0.5, 0.6) is 0 Å². The van der Waals surface area contributed by atoms with Crippen LogP contribution in [-0.2, 0) is 4.79 Å². The van der Waals surface area contributed by atoms with Crippen molar-refractivity contribution in [2.24, 2.45) is 0 Å². The molecule has 0 aliphatic heterocycles. The van der Waals surface area contributed by atoms with Gasteiger partial charge in [0.25, 0.3) is 0 Å². The number of amides is 2. The van der Waals surface area contributed by atoms with E-state index in [2.05, 4.69) is 5.32 Å². The van der Waals surface area contributed by atoms with Crippen LogP contribution in [-0.4, -0.2) is 34.6 Å². The van der Waals surface area contributed by atoms with Crippen LogP contribution in [0.25, 0.3) is 0 Å². The molecule has 0 aliphatic carbocycles. The van der Waals surface area contributed by atoms with E-state index in [1.807, 2.05) is 0 Å². The van der Waals surface area contributed by atoms with Crippen molar-refractivity contribution in [3.8, 4) is 0 Å². The van der Waals surface area contributed by atoms with Crippen molar-refractivity contribution in [3.05, 3.63) is 28.0 Å². The summed E-state index contributed by atoms with van der Waals surface area (Å²) in [6, 6.07) is 1.28. The minimum absolute atomic E-state index is 0.0321. The van der Waals surface area contributed by atoms with Gasteiger partial charge in [0.1, 0.15) is 5.82 Å². The lowest BCUT2D eigenvalue weighted by Crippen LogP contribution is -2.41. The van der Waals surface area contributed by atoms with E-state index in [4.69, 9.17) is 28.3 Å². The highest BCUT2D eigenvalue weighted by atomic mass is 35.5. The number of halogens is 3. The van der Waals surface area contributed by atoms with Crippen LogP contribution in [0.15, 0.2) is 12.1 Å². The lowest BCUT2D eigenvalue weighted by atomic mass is 10.3. The fraction of sp³-hybridized carbons (Fsp3) is 0.385. The second-order valence-corrected chi connectivity index (χ2v) is 5.42. The maximum absolute atomic E-state index is 13.1. The Labute approximate surface area is 131 Å². The Morgan fingerprint density at radius 3 is 2.29 bits per heavy atom. The summed E-state index contributed by atoms with van der Waals surface area (Å²) in [6.07, 6.45) is -0.184. The van der Waals surface area contributed by atoms with Crippen LogP contribution >= 0.6 is 23.2 Å². The number of nitrogens with zero attached hydrogens (tertiary/aromatic N) is 1. The van der Waals surface area contributed by atoms with E-state index >= 15 is 0 Å². The van der Waals surface area contributed by atoms with Gasteiger partial charge in [-0.1, -0.05) is 23.2 Å². The Morgan fingerprint density at radius 2 is 1.86 bits per heavy atom. The number of carboxylic acid groups (broad SMARTS) is 1. The van der Waals surface area contributed by atoms with Gasteiger partial charge in [-0.2, -0.15) is 0 Å². The lowest BCUT2D eigenvalue weighted by molar-refractivity contribution is -0.137. The third-order valence-electron chi connectivity index (χ3n) is 2.69. The number of anilines is 1. The molecule has 0 saturated heterocycles. The van der Waals surface area contributed by atoms with E-state index in [1.165, 1.54) is 4.90 Å². The molecule has 21 heavy (non-hydrogen) atoms. The monoisotopic (exact) mass is 336 g/mol. The molecule has 0 aliphatic rings. The summed E-state index contributed by atoms with van der Waals surface area (Å²) < 4.78 is 13.1. The van der Waals surface area contributed by atoms with Crippen molar-refractivity contribution in [3.63, 3.8) is 0 Å². The van der Waals surface area contributed by atoms with Crippen molar-refractivity contribution >= 4 is 40.9 Å². The molecule has 1 rings (SSSR count). The molecule has 0 saturated carbocycles. The third kappa shape index (κ3) is 5.06. The second-order valence-electron chi connectivity index (χ2n) is 4.61. The zero-order chi connectivity index (χ0) is 16.2. The van der Waals surface area contributed by atoms with Crippen molar-refractivity contribution in [1.82, 2.24) is 4.90 Å². The smallest absolute Gasteiger partial charge is 0.322 e. The fourth-order valence-corrected chi connectivity index (χ4v) is 2.21. The fourth-order valence-electron chi connectivity index (χ4n) is 1.65. The average molecular weight is 337 g/mol. The maximum atomic E-state index is 13.1. The van der Waals surface area contributed by atoms with Crippen molar-refractivity contribution in [2.75, 3.05) is 11.9 Å². The van der Waals surface area contributed by atoms with Gasteiger partial charge in [-0.15, -0.1) is 0 Å². The van der Waals surface area contributed by atoms with Gasteiger partial charge in [-0.25, -0.2) is 9.18 Å². The summed E-state index contributed by atoms with van der Waals surface area (Å²) in [7, 11) is 0. The number of carbonyl (C=O) groups is 2. The Balaban J connectivity index is 2.89. The van der Waals surface area contributed by atoms with Gasteiger partial charge in [-0.05, 0) is 26.0 Å².